The molecule has 5 rings (SSSR count). The molecule has 1 aliphatic rings. The number of H-pyrrole nitrogens is 1. The standard InChI is InChI=1S/C19H15N3O3/c1-11-21-17-13-4-2-3-5-14(13)25-18(17)19(22-11)20-9-12-6-7-15-16(8-12)24-10-23-15/h2-8H,9-10H2,1H3,(H,20,21,22)/p+1. The van der Waals surface area contributed by atoms with Crippen LogP contribution >= 0.6 is 0 Å². The van der Waals surface area contributed by atoms with E-state index in [4.69, 9.17) is 13.9 Å². The van der Waals surface area contributed by atoms with Crippen molar-refractivity contribution < 1.29 is 18.9 Å². The smallest absolute Gasteiger partial charge is 0.267 e. The second-order valence-corrected chi connectivity index (χ2v) is 6.01. The number of aromatic amines is 1. The molecule has 6 heteroatoms. The summed E-state index contributed by atoms with van der Waals surface area (Å²) >= 11 is 0. The number of ether oxygens (including phenoxy) is 2. The minimum Gasteiger partial charge on any atom is -0.454 e. The number of aryl methyl sites for hydroxylation is 1. The van der Waals surface area contributed by atoms with Gasteiger partial charge in [-0.2, -0.15) is 0 Å². The lowest BCUT2D eigenvalue weighted by atomic mass is 10.2. The van der Waals surface area contributed by atoms with Gasteiger partial charge in [0, 0.05) is 6.92 Å². The lowest BCUT2D eigenvalue weighted by Gasteiger charge is -2.03. The van der Waals surface area contributed by atoms with Crippen LogP contribution in [-0.2, 0) is 6.54 Å². The van der Waals surface area contributed by atoms with Crippen LogP contribution in [0.5, 0.6) is 11.5 Å². The Kier molecular flexibility index (Phi) is 3.03. The molecule has 124 valence electrons. The second kappa shape index (κ2) is 5.37. The van der Waals surface area contributed by atoms with Crippen LogP contribution in [0.4, 0.5) is 5.82 Å². The summed E-state index contributed by atoms with van der Waals surface area (Å²) in [5.74, 6) is 3.21. The normalized spacial score (nSPS) is 12.8. The van der Waals surface area contributed by atoms with Crippen molar-refractivity contribution in [1.29, 1.82) is 0 Å². The summed E-state index contributed by atoms with van der Waals surface area (Å²) < 4.78 is 16.8. The maximum Gasteiger partial charge on any atom is 0.267 e. The van der Waals surface area contributed by atoms with Gasteiger partial charge >= 0.3 is 0 Å². The molecule has 0 saturated carbocycles. The molecule has 3 heterocycles. The number of nitrogens with one attached hydrogen (secondary N) is 2. The zero-order valence-corrected chi connectivity index (χ0v) is 13.6. The van der Waals surface area contributed by atoms with Gasteiger partial charge in [0.2, 0.25) is 18.2 Å². The molecule has 1 aliphatic heterocycles. The molecule has 2 aromatic heterocycles. The number of aromatic nitrogens is 2. The number of furan rings is 1. The zero-order valence-electron chi connectivity index (χ0n) is 13.6. The first-order chi connectivity index (χ1) is 12.3. The molecule has 0 amide bonds. The number of benzene rings is 2. The Balaban J connectivity index is 1.52. The summed E-state index contributed by atoms with van der Waals surface area (Å²) in [6, 6.07) is 13.9. The number of hydrogen-bond donors (Lipinski definition) is 1. The maximum absolute atomic E-state index is 6.00. The third-order valence-corrected chi connectivity index (χ3v) is 4.29. The van der Waals surface area contributed by atoms with Crippen LogP contribution in [0.1, 0.15) is 11.4 Å². The van der Waals surface area contributed by atoms with E-state index in [1.165, 1.54) is 0 Å². The highest BCUT2D eigenvalue weighted by Crippen LogP contribution is 2.33. The van der Waals surface area contributed by atoms with Crippen LogP contribution in [0, 0.1) is 6.92 Å². The van der Waals surface area contributed by atoms with Crippen molar-refractivity contribution in [2.24, 2.45) is 0 Å². The van der Waals surface area contributed by atoms with Gasteiger partial charge in [0.05, 0.1) is 11.9 Å². The first kappa shape index (κ1) is 14.1. The van der Waals surface area contributed by atoms with E-state index in [1.54, 1.807) is 0 Å². The van der Waals surface area contributed by atoms with E-state index in [0.29, 0.717) is 6.54 Å². The molecule has 4 aromatic rings. The fourth-order valence-corrected chi connectivity index (χ4v) is 3.11. The van der Waals surface area contributed by atoms with Crippen molar-refractivity contribution in [3.8, 4) is 11.5 Å². The fraction of sp³-hybridized carbons (Fsp3) is 0.158. The third-order valence-electron chi connectivity index (χ3n) is 4.29. The Morgan fingerprint density at radius 1 is 1.12 bits per heavy atom. The molecule has 0 saturated heterocycles. The summed E-state index contributed by atoms with van der Waals surface area (Å²) in [5.41, 5.74) is 3.51. The van der Waals surface area contributed by atoms with E-state index >= 15 is 0 Å². The SMILES string of the molecule is Cc1nc2c(oc3ccccc32)c(NCc2ccc3c(c2)OCO3)[nH+]1. The van der Waals surface area contributed by atoms with Gasteiger partial charge in [0.15, 0.2) is 17.0 Å². The van der Waals surface area contributed by atoms with Crippen LogP contribution in [0.15, 0.2) is 46.9 Å². The van der Waals surface area contributed by atoms with Crippen molar-refractivity contribution in [3.05, 3.63) is 53.9 Å². The molecule has 2 N–H and O–H groups in total. The molecule has 6 nitrogen and oxygen atoms in total. The molecule has 0 bridgehead atoms. The number of hydrogen-bond acceptors (Lipinski definition) is 5. The van der Waals surface area contributed by atoms with E-state index < -0.39 is 0 Å². The highest BCUT2D eigenvalue weighted by molar-refractivity contribution is 6.04. The monoisotopic (exact) mass is 334 g/mol. The number of nitrogens with zero attached hydrogens (tertiary/aromatic N) is 1. The van der Waals surface area contributed by atoms with Gasteiger partial charge in [-0.15, -0.1) is 4.98 Å². The minimum absolute atomic E-state index is 0.281. The largest absolute Gasteiger partial charge is 0.454 e. The van der Waals surface area contributed by atoms with Gasteiger partial charge in [-0.25, -0.2) is 4.98 Å². The quantitative estimate of drug-likeness (QED) is 0.621. The zero-order chi connectivity index (χ0) is 16.8. The van der Waals surface area contributed by atoms with Crippen molar-refractivity contribution in [2.75, 3.05) is 12.1 Å². The predicted molar refractivity (Wildman–Crippen MR) is 92.7 cm³/mol. The topological polar surface area (TPSA) is 70.7 Å². The summed E-state index contributed by atoms with van der Waals surface area (Å²) in [4.78, 5) is 7.86. The van der Waals surface area contributed by atoms with E-state index in [-0.39, 0.29) is 6.79 Å². The van der Waals surface area contributed by atoms with Crippen LogP contribution in [0.2, 0.25) is 0 Å². The summed E-state index contributed by atoms with van der Waals surface area (Å²) in [6.45, 7) is 2.85. The molecule has 0 fully saturated rings. The molecule has 0 spiro atoms. The van der Waals surface area contributed by atoms with Crippen LogP contribution in [0.25, 0.3) is 22.1 Å². The van der Waals surface area contributed by atoms with Crippen molar-refractivity contribution in [3.63, 3.8) is 0 Å². The van der Waals surface area contributed by atoms with Gasteiger partial charge in [0.1, 0.15) is 5.58 Å². The number of para-hydroxylation sites is 1. The Labute approximate surface area is 143 Å². The third kappa shape index (κ3) is 2.34. The van der Waals surface area contributed by atoms with Gasteiger partial charge in [-0.1, -0.05) is 18.2 Å². The van der Waals surface area contributed by atoms with Crippen LogP contribution in [0.3, 0.4) is 0 Å². The molecule has 25 heavy (non-hydrogen) atoms. The second-order valence-electron chi connectivity index (χ2n) is 6.01. The van der Waals surface area contributed by atoms with Crippen LogP contribution < -0.4 is 19.8 Å². The molecule has 0 unspecified atom stereocenters. The lowest BCUT2D eigenvalue weighted by Crippen LogP contribution is -2.17. The highest BCUT2D eigenvalue weighted by Gasteiger charge is 2.20. The van der Waals surface area contributed by atoms with Crippen molar-refractivity contribution >= 4 is 27.9 Å². The lowest BCUT2D eigenvalue weighted by molar-refractivity contribution is -0.374. The van der Waals surface area contributed by atoms with E-state index in [0.717, 1.165) is 50.8 Å². The summed E-state index contributed by atoms with van der Waals surface area (Å²) in [5, 5.41) is 4.43. The van der Waals surface area contributed by atoms with Crippen molar-refractivity contribution in [2.45, 2.75) is 13.5 Å². The van der Waals surface area contributed by atoms with Gasteiger partial charge in [-0.3, -0.25) is 5.32 Å². The molecular weight excluding hydrogens is 318 g/mol. The highest BCUT2D eigenvalue weighted by atomic mass is 16.7. The molecule has 2 aromatic carbocycles. The van der Waals surface area contributed by atoms with Gasteiger partial charge in [0.25, 0.3) is 5.82 Å². The average molecular weight is 334 g/mol. The summed E-state index contributed by atoms with van der Waals surface area (Å²) in [6.07, 6.45) is 0. The molecule has 0 radical (unpaired) electrons. The Morgan fingerprint density at radius 2 is 2.00 bits per heavy atom. The van der Waals surface area contributed by atoms with E-state index in [2.05, 4.69) is 15.3 Å². The fourth-order valence-electron chi connectivity index (χ4n) is 3.11. The molecule has 0 aliphatic carbocycles. The maximum atomic E-state index is 6.00. The predicted octanol–water partition coefficient (Wildman–Crippen LogP) is 3.44. The number of anilines is 1. The van der Waals surface area contributed by atoms with Crippen LogP contribution in [-0.4, -0.2) is 11.8 Å². The van der Waals surface area contributed by atoms with E-state index in [1.807, 2.05) is 49.4 Å². The number of fused-ring (bicyclic) bond motifs is 4. The Hall–Kier alpha value is -3.28. The molecular formula is C19H16N3O3+. The first-order valence-electron chi connectivity index (χ1n) is 8.11. The molecule has 0 atom stereocenters. The average Bonchev–Trinajstić information content (AvgIpc) is 3.23. The summed E-state index contributed by atoms with van der Waals surface area (Å²) in [7, 11) is 0. The number of rotatable bonds is 3. The van der Waals surface area contributed by atoms with Crippen molar-refractivity contribution in [1.82, 2.24) is 4.98 Å². The minimum atomic E-state index is 0.281. The first-order valence-corrected chi connectivity index (χ1v) is 8.11. The van der Waals surface area contributed by atoms with Gasteiger partial charge in [-0.05, 0) is 29.8 Å². The van der Waals surface area contributed by atoms with E-state index in [9.17, 15) is 0 Å². The Morgan fingerprint density at radius 3 is 2.96 bits per heavy atom. The van der Waals surface area contributed by atoms with Gasteiger partial charge < -0.3 is 13.9 Å². The Bertz CT molecular complexity index is 1100.